The number of carbonyl (C=O) groups excluding carboxylic acids is 1. The molecule has 0 aliphatic rings. The van der Waals surface area contributed by atoms with E-state index < -0.39 is 0 Å². The van der Waals surface area contributed by atoms with E-state index in [2.05, 4.69) is 17.0 Å². The Morgan fingerprint density at radius 2 is 2.08 bits per heavy atom. The Morgan fingerprint density at radius 1 is 1.33 bits per heavy atom. The molecule has 0 aromatic heterocycles. The molecule has 0 fully saturated rings. The van der Waals surface area contributed by atoms with Crippen LogP contribution in [-0.2, 0) is 9.53 Å². The molecule has 0 radical (unpaired) electrons. The second-order valence-corrected chi connectivity index (χ2v) is 2.84. The molecule has 3 nitrogen and oxygen atoms in total. The van der Waals surface area contributed by atoms with Gasteiger partial charge in [0, 0.05) is 13.7 Å². The van der Waals surface area contributed by atoms with Crippen LogP contribution >= 0.6 is 0 Å². The Morgan fingerprint density at radius 3 is 2.67 bits per heavy atom. The van der Waals surface area contributed by atoms with E-state index >= 15 is 0 Å². The lowest BCUT2D eigenvalue weighted by atomic mass is 10.2. The minimum atomic E-state index is -0.0194. The number of hydrogen-bond donors (Lipinski definition) is 1. The van der Waals surface area contributed by atoms with Crippen molar-refractivity contribution in [3.05, 3.63) is 0 Å². The summed E-state index contributed by atoms with van der Waals surface area (Å²) in [4.78, 5) is 10.8. The molecule has 0 atom stereocenters. The first kappa shape index (κ1) is 11.4. The highest BCUT2D eigenvalue weighted by Crippen LogP contribution is 1.96. The number of unbranched alkanes of at least 4 members (excludes halogenated alkanes) is 3. The molecule has 0 saturated heterocycles. The number of rotatable bonds is 7. The van der Waals surface area contributed by atoms with Gasteiger partial charge in [0.2, 0.25) is 5.91 Å². The van der Waals surface area contributed by atoms with Crippen LogP contribution in [0, 0.1) is 0 Å². The Hall–Kier alpha value is -0.570. The fraction of sp³-hybridized carbons (Fsp3) is 0.889. The molecule has 0 bridgehead atoms. The fourth-order valence-electron chi connectivity index (χ4n) is 0.962. The summed E-state index contributed by atoms with van der Waals surface area (Å²) in [7, 11) is 1.52. The lowest BCUT2D eigenvalue weighted by molar-refractivity contribution is -0.124. The highest BCUT2D eigenvalue weighted by molar-refractivity contribution is 5.77. The summed E-state index contributed by atoms with van der Waals surface area (Å²) in [5.74, 6) is -0.0194. The average Bonchev–Trinajstić information content (AvgIpc) is 2.05. The van der Waals surface area contributed by atoms with Crippen LogP contribution in [0.2, 0.25) is 0 Å². The fourth-order valence-corrected chi connectivity index (χ4v) is 0.962. The number of carbonyl (C=O) groups is 1. The van der Waals surface area contributed by atoms with E-state index in [-0.39, 0.29) is 12.5 Å². The van der Waals surface area contributed by atoms with Gasteiger partial charge in [-0.2, -0.15) is 0 Å². The standard InChI is InChI=1S/C9H19NO2/c1-3-4-5-6-7-10-9(11)8-12-2/h3-8H2,1-2H3,(H,10,11). The van der Waals surface area contributed by atoms with Crippen LogP contribution in [0.3, 0.4) is 0 Å². The van der Waals surface area contributed by atoms with Crippen LogP contribution < -0.4 is 5.32 Å². The molecule has 1 amide bonds. The smallest absolute Gasteiger partial charge is 0.245 e. The molecule has 3 heteroatoms. The molecule has 0 aromatic carbocycles. The lowest BCUT2D eigenvalue weighted by Gasteiger charge is -2.03. The Bertz CT molecular complexity index is 115. The Labute approximate surface area is 74.5 Å². The molecule has 72 valence electrons. The third-order valence-corrected chi connectivity index (χ3v) is 1.63. The number of methoxy groups -OCH3 is 1. The van der Waals surface area contributed by atoms with E-state index in [1.54, 1.807) is 0 Å². The zero-order valence-corrected chi connectivity index (χ0v) is 8.06. The summed E-state index contributed by atoms with van der Waals surface area (Å²) < 4.78 is 4.67. The Balaban J connectivity index is 3.03. The van der Waals surface area contributed by atoms with Crippen LogP contribution in [0.1, 0.15) is 32.6 Å². The molecule has 0 spiro atoms. The number of hydrogen-bond acceptors (Lipinski definition) is 2. The van der Waals surface area contributed by atoms with Crippen LogP contribution in [0.25, 0.3) is 0 Å². The third-order valence-electron chi connectivity index (χ3n) is 1.63. The predicted molar refractivity (Wildman–Crippen MR) is 49.0 cm³/mol. The maximum atomic E-state index is 10.8. The van der Waals surface area contributed by atoms with Gasteiger partial charge in [0.25, 0.3) is 0 Å². The maximum Gasteiger partial charge on any atom is 0.245 e. The first-order valence-electron chi connectivity index (χ1n) is 4.57. The highest BCUT2D eigenvalue weighted by atomic mass is 16.5. The van der Waals surface area contributed by atoms with Crippen molar-refractivity contribution in [2.45, 2.75) is 32.6 Å². The van der Waals surface area contributed by atoms with Gasteiger partial charge in [0.15, 0.2) is 0 Å². The molecule has 0 aliphatic heterocycles. The summed E-state index contributed by atoms with van der Waals surface area (Å²) in [5.41, 5.74) is 0. The minimum Gasteiger partial charge on any atom is -0.375 e. The van der Waals surface area contributed by atoms with Crippen molar-refractivity contribution in [1.82, 2.24) is 5.32 Å². The quantitative estimate of drug-likeness (QED) is 0.590. The SMILES string of the molecule is CCCCCCNC(=O)COC. The second-order valence-electron chi connectivity index (χ2n) is 2.84. The number of nitrogens with one attached hydrogen (secondary N) is 1. The van der Waals surface area contributed by atoms with Crippen molar-refractivity contribution in [2.24, 2.45) is 0 Å². The normalized spacial score (nSPS) is 9.83. The maximum absolute atomic E-state index is 10.8. The largest absolute Gasteiger partial charge is 0.375 e. The zero-order chi connectivity index (χ0) is 9.23. The topological polar surface area (TPSA) is 38.3 Å². The monoisotopic (exact) mass is 173 g/mol. The first-order chi connectivity index (χ1) is 5.81. The van der Waals surface area contributed by atoms with Gasteiger partial charge in [-0.3, -0.25) is 4.79 Å². The van der Waals surface area contributed by atoms with Gasteiger partial charge >= 0.3 is 0 Å². The predicted octanol–water partition coefficient (Wildman–Crippen LogP) is 1.33. The molecule has 0 saturated carbocycles. The molecule has 0 heterocycles. The molecule has 0 unspecified atom stereocenters. The molecule has 12 heavy (non-hydrogen) atoms. The van der Waals surface area contributed by atoms with Gasteiger partial charge < -0.3 is 10.1 Å². The molecule has 0 aromatic rings. The zero-order valence-electron chi connectivity index (χ0n) is 8.06. The van der Waals surface area contributed by atoms with E-state index in [1.165, 1.54) is 26.4 Å². The minimum absolute atomic E-state index is 0.0194. The van der Waals surface area contributed by atoms with Crippen molar-refractivity contribution in [3.8, 4) is 0 Å². The van der Waals surface area contributed by atoms with Gasteiger partial charge in [-0.05, 0) is 6.42 Å². The number of amides is 1. The van der Waals surface area contributed by atoms with Crippen molar-refractivity contribution < 1.29 is 9.53 Å². The average molecular weight is 173 g/mol. The summed E-state index contributed by atoms with van der Waals surface area (Å²) in [6.45, 7) is 3.12. The number of ether oxygens (including phenoxy) is 1. The summed E-state index contributed by atoms with van der Waals surface area (Å²) in [6.07, 6.45) is 4.75. The van der Waals surface area contributed by atoms with Crippen molar-refractivity contribution in [1.29, 1.82) is 0 Å². The van der Waals surface area contributed by atoms with Gasteiger partial charge in [0.1, 0.15) is 6.61 Å². The van der Waals surface area contributed by atoms with Crippen LogP contribution in [0.5, 0.6) is 0 Å². The van der Waals surface area contributed by atoms with Gasteiger partial charge in [0.05, 0.1) is 0 Å². The first-order valence-corrected chi connectivity index (χ1v) is 4.57. The lowest BCUT2D eigenvalue weighted by Crippen LogP contribution is -2.27. The van der Waals surface area contributed by atoms with E-state index in [9.17, 15) is 4.79 Å². The second kappa shape index (κ2) is 8.53. The van der Waals surface area contributed by atoms with E-state index in [0.717, 1.165) is 13.0 Å². The van der Waals surface area contributed by atoms with Crippen molar-refractivity contribution >= 4 is 5.91 Å². The summed E-state index contributed by atoms with van der Waals surface area (Å²) >= 11 is 0. The molecule has 0 rings (SSSR count). The van der Waals surface area contributed by atoms with Gasteiger partial charge in [-0.1, -0.05) is 26.2 Å². The highest BCUT2D eigenvalue weighted by Gasteiger charge is 1.96. The molecule has 0 aliphatic carbocycles. The van der Waals surface area contributed by atoms with E-state index in [0.29, 0.717) is 0 Å². The van der Waals surface area contributed by atoms with Crippen LogP contribution in [0.15, 0.2) is 0 Å². The summed E-state index contributed by atoms with van der Waals surface area (Å²) in [5, 5.41) is 2.78. The van der Waals surface area contributed by atoms with Crippen molar-refractivity contribution in [2.75, 3.05) is 20.3 Å². The Kier molecular flexibility index (Phi) is 8.12. The van der Waals surface area contributed by atoms with Gasteiger partial charge in [-0.25, -0.2) is 0 Å². The van der Waals surface area contributed by atoms with Crippen LogP contribution in [-0.4, -0.2) is 26.2 Å². The van der Waals surface area contributed by atoms with E-state index in [4.69, 9.17) is 0 Å². The van der Waals surface area contributed by atoms with E-state index in [1.807, 2.05) is 0 Å². The van der Waals surface area contributed by atoms with Crippen LogP contribution in [0.4, 0.5) is 0 Å². The third kappa shape index (κ3) is 7.54. The van der Waals surface area contributed by atoms with Gasteiger partial charge in [-0.15, -0.1) is 0 Å². The molecular weight excluding hydrogens is 154 g/mol. The summed E-state index contributed by atoms with van der Waals surface area (Å²) in [6, 6.07) is 0. The van der Waals surface area contributed by atoms with Crippen molar-refractivity contribution in [3.63, 3.8) is 0 Å². The molecule has 1 N–H and O–H groups in total. The molecular formula is C9H19NO2.